The van der Waals surface area contributed by atoms with Crippen LogP contribution in [0, 0.1) is 4.77 Å². The molecule has 2 aromatic heterocycles. The molecule has 1 N–H and O–H groups in total. The second-order valence-electron chi connectivity index (χ2n) is 5.95. The zero-order valence-electron chi connectivity index (χ0n) is 12.0. The van der Waals surface area contributed by atoms with Crippen molar-refractivity contribution in [3.05, 3.63) is 23.0 Å². The number of rotatable bonds is 2. The molecule has 2 aromatic rings. The topological polar surface area (TPSA) is 54.7 Å². The highest BCUT2D eigenvalue weighted by Crippen LogP contribution is 2.32. The van der Waals surface area contributed by atoms with E-state index in [1.165, 1.54) is 32.1 Å². The molecule has 21 heavy (non-hydrogen) atoms. The molecule has 0 saturated heterocycles. The second-order valence-corrected chi connectivity index (χ2v) is 6.34. The van der Waals surface area contributed by atoms with Gasteiger partial charge in [0.05, 0.1) is 6.54 Å². The van der Waals surface area contributed by atoms with Crippen LogP contribution in [0.15, 0.2) is 12.4 Å². The van der Waals surface area contributed by atoms with Gasteiger partial charge in [-0.3, -0.25) is 4.57 Å². The molecule has 0 spiro atoms. The Labute approximate surface area is 128 Å². The molecule has 4 rings (SSSR count). The van der Waals surface area contributed by atoms with Gasteiger partial charge in [0.2, 0.25) is 5.95 Å². The quantitative estimate of drug-likeness (QED) is 0.867. The van der Waals surface area contributed by atoms with Crippen LogP contribution in [0.3, 0.4) is 0 Å². The first-order valence-electron chi connectivity index (χ1n) is 7.75. The van der Waals surface area contributed by atoms with Crippen molar-refractivity contribution in [2.24, 2.45) is 0 Å². The maximum atomic E-state index is 5.48. The number of anilines is 1. The fraction of sp³-hybridized carbons (Fsp3) is 0.643. The number of aromatic nitrogens is 5. The van der Waals surface area contributed by atoms with E-state index in [-0.39, 0.29) is 0 Å². The minimum absolute atomic E-state index is 0.502. The highest BCUT2D eigenvalue weighted by atomic mass is 32.1. The number of imidazole rings is 1. The first-order valence-corrected chi connectivity index (χ1v) is 8.15. The number of aromatic amines is 1. The Kier molecular flexibility index (Phi) is 3.29. The maximum absolute atomic E-state index is 5.48. The van der Waals surface area contributed by atoms with Crippen LogP contribution in [0.1, 0.15) is 44.0 Å². The molecule has 0 bridgehead atoms. The van der Waals surface area contributed by atoms with Crippen LogP contribution < -0.4 is 4.90 Å². The van der Waals surface area contributed by atoms with Crippen LogP contribution >= 0.6 is 12.2 Å². The smallest absolute Gasteiger partial charge is 0.226 e. The molecular formula is C14H20N6S. The number of hydrogen-bond acceptors (Lipinski definition) is 4. The average molecular weight is 304 g/mol. The molecule has 3 heterocycles. The molecule has 0 aromatic carbocycles. The number of fused-ring (bicyclic) bond motifs is 1. The average Bonchev–Trinajstić information content (AvgIpc) is 3.13. The Morgan fingerprint density at radius 1 is 1.19 bits per heavy atom. The zero-order valence-corrected chi connectivity index (χ0v) is 12.8. The highest BCUT2D eigenvalue weighted by molar-refractivity contribution is 7.71. The van der Waals surface area contributed by atoms with Crippen LogP contribution in [-0.4, -0.2) is 30.9 Å². The van der Waals surface area contributed by atoms with Gasteiger partial charge in [0.1, 0.15) is 5.82 Å². The summed E-state index contributed by atoms with van der Waals surface area (Å²) in [4.78, 5) is 6.72. The van der Waals surface area contributed by atoms with E-state index in [1.807, 2.05) is 12.4 Å². The number of H-pyrrole nitrogens is 1. The third kappa shape index (κ3) is 2.29. The van der Waals surface area contributed by atoms with E-state index >= 15 is 0 Å². The van der Waals surface area contributed by atoms with Gasteiger partial charge in [0, 0.05) is 31.5 Å². The zero-order chi connectivity index (χ0) is 14.2. The van der Waals surface area contributed by atoms with Gasteiger partial charge in [-0.2, -0.15) is 0 Å². The Morgan fingerprint density at radius 3 is 2.90 bits per heavy atom. The van der Waals surface area contributed by atoms with Crippen molar-refractivity contribution >= 4 is 18.2 Å². The molecule has 6 nitrogen and oxygen atoms in total. The van der Waals surface area contributed by atoms with E-state index < -0.39 is 0 Å². The van der Waals surface area contributed by atoms with E-state index in [4.69, 9.17) is 12.2 Å². The molecule has 0 radical (unpaired) electrons. The van der Waals surface area contributed by atoms with Crippen molar-refractivity contribution in [3.63, 3.8) is 0 Å². The molecule has 1 saturated carbocycles. The number of hydrogen-bond donors (Lipinski definition) is 1. The summed E-state index contributed by atoms with van der Waals surface area (Å²) in [5, 5.41) is 7.50. The Balaban J connectivity index is 1.65. The summed E-state index contributed by atoms with van der Waals surface area (Å²) in [6.45, 7) is 2.72. The summed E-state index contributed by atoms with van der Waals surface area (Å²) < 4.78 is 5.21. The lowest BCUT2D eigenvalue weighted by atomic mass is 9.95. The van der Waals surface area contributed by atoms with E-state index in [0.29, 0.717) is 6.04 Å². The predicted molar refractivity (Wildman–Crippen MR) is 82.8 cm³/mol. The molecule has 7 heteroatoms. The van der Waals surface area contributed by atoms with Gasteiger partial charge in [-0.15, -0.1) is 5.10 Å². The van der Waals surface area contributed by atoms with E-state index in [1.54, 1.807) is 0 Å². The third-order valence-electron chi connectivity index (χ3n) is 4.65. The lowest BCUT2D eigenvalue weighted by molar-refractivity contribution is 0.348. The molecular weight excluding hydrogens is 284 g/mol. The highest BCUT2D eigenvalue weighted by Gasteiger charge is 2.25. The van der Waals surface area contributed by atoms with Gasteiger partial charge in [0.25, 0.3) is 0 Å². The summed E-state index contributed by atoms with van der Waals surface area (Å²) in [6.07, 6.45) is 10.3. The molecule has 0 unspecified atom stereocenters. The molecule has 0 amide bonds. The van der Waals surface area contributed by atoms with Crippen molar-refractivity contribution in [3.8, 4) is 0 Å². The summed E-state index contributed by atoms with van der Waals surface area (Å²) in [5.74, 6) is 2.09. The fourth-order valence-electron chi connectivity index (χ4n) is 3.53. The minimum atomic E-state index is 0.502. The van der Waals surface area contributed by atoms with Crippen molar-refractivity contribution < 1.29 is 0 Å². The van der Waals surface area contributed by atoms with E-state index in [2.05, 4.69) is 29.2 Å². The van der Waals surface area contributed by atoms with Crippen LogP contribution in [-0.2, 0) is 13.1 Å². The Morgan fingerprint density at radius 2 is 2.05 bits per heavy atom. The van der Waals surface area contributed by atoms with Crippen LogP contribution in [0.2, 0.25) is 0 Å². The first-order chi connectivity index (χ1) is 10.3. The number of nitrogens with one attached hydrogen (secondary N) is 1. The van der Waals surface area contributed by atoms with Gasteiger partial charge >= 0.3 is 0 Å². The molecule has 1 fully saturated rings. The van der Waals surface area contributed by atoms with E-state index in [0.717, 1.165) is 36.2 Å². The summed E-state index contributed by atoms with van der Waals surface area (Å²) >= 11 is 5.48. The Bertz CT molecular complexity index is 678. The summed E-state index contributed by atoms with van der Waals surface area (Å²) in [7, 11) is 0. The van der Waals surface area contributed by atoms with Gasteiger partial charge < -0.3 is 9.47 Å². The molecule has 112 valence electrons. The van der Waals surface area contributed by atoms with Gasteiger partial charge in [-0.25, -0.2) is 10.1 Å². The largest absolute Gasteiger partial charge is 0.332 e. The molecule has 2 aliphatic rings. The van der Waals surface area contributed by atoms with Gasteiger partial charge in [-0.05, 0) is 25.1 Å². The van der Waals surface area contributed by atoms with Crippen molar-refractivity contribution in [1.29, 1.82) is 0 Å². The lowest BCUT2D eigenvalue weighted by Gasteiger charge is -2.31. The summed E-state index contributed by atoms with van der Waals surface area (Å²) in [6, 6.07) is 0.502. The predicted octanol–water partition coefficient (Wildman–Crippen LogP) is 2.66. The van der Waals surface area contributed by atoms with E-state index in [9.17, 15) is 0 Å². The van der Waals surface area contributed by atoms with Crippen molar-refractivity contribution in [2.45, 2.75) is 51.2 Å². The molecule has 1 aliphatic carbocycles. The third-order valence-corrected chi connectivity index (χ3v) is 4.94. The normalized spacial score (nSPS) is 19.7. The van der Waals surface area contributed by atoms with Crippen molar-refractivity contribution in [2.75, 3.05) is 11.4 Å². The Hall–Kier alpha value is -1.63. The molecule has 0 atom stereocenters. The second kappa shape index (κ2) is 5.29. The van der Waals surface area contributed by atoms with Crippen LogP contribution in [0.25, 0.3) is 0 Å². The SMILES string of the molecule is S=c1[nH]nc(N2CCn3ccnc3C2)n1C1CCCCC1. The number of nitrogens with zero attached hydrogens (tertiary/aromatic N) is 5. The van der Waals surface area contributed by atoms with Crippen molar-refractivity contribution in [1.82, 2.24) is 24.3 Å². The summed E-state index contributed by atoms with van der Waals surface area (Å²) in [5.41, 5.74) is 0. The van der Waals surface area contributed by atoms with Gasteiger partial charge in [0.15, 0.2) is 4.77 Å². The standard InChI is InChI=1S/C14H20N6S/c21-14-17-16-13(20(14)11-4-2-1-3-5-11)19-9-8-18-7-6-15-12(18)10-19/h6-7,11H,1-5,8-10H2,(H,17,21). The lowest BCUT2D eigenvalue weighted by Crippen LogP contribution is -2.36. The van der Waals surface area contributed by atoms with Crippen LogP contribution in [0.5, 0.6) is 0 Å². The van der Waals surface area contributed by atoms with Gasteiger partial charge in [-0.1, -0.05) is 19.3 Å². The first kappa shape index (κ1) is 13.1. The molecule has 1 aliphatic heterocycles. The fourth-order valence-corrected chi connectivity index (χ4v) is 3.81. The minimum Gasteiger partial charge on any atom is -0.332 e. The maximum Gasteiger partial charge on any atom is 0.226 e. The monoisotopic (exact) mass is 304 g/mol. The van der Waals surface area contributed by atoms with Crippen LogP contribution in [0.4, 0.5) is 5.95 Å².